The van der Waals surface area contributed by atoms with Gasteiger partial charge in [0.15, 0.2) is 11.5 Å². The lowest BCUT2D eigenvalue weighted by Gasteiger charge is -2.33. The van der Waals surface area contributed by atoms with Crippen LogP contribution in [0.2, 0.25) is 0 Å². The molecule has 5 nitrogen and oxygen atoms in total. The molecule has 1 aliphatic rings. The summed E-state index contributed by atoms with van der Waals surface area (Å²) in [5.41, 5.74) is 2.44. The Kier molecular flexibility index (Phi) is 8.14. The Morgan fingerprint density at radius 1 is 1.20 bits per heavy atom. The molecule has 0 aliphatic carbocycles. The van der Waals surface area contributed by atoms with Crippen molar-refractivity contribution in [2.24, 2.45) is 0 Å². The van der Waals surface area contributed by atoms with Crippen molar-refractivity contribution in [2.45, 2.75) is 45.6 Å². The molecule has 1 N–H and O–H groups in total. The number of nitrogens with one attached hydrogen (secondary N) is 1. The number of carbonyl (C=O) groups is 1. The highest BCUT2D eigenvalue weighted by Gasteiger charge is 2.19. The van der Waals surface area contributed by atoms with Crippen molar-refractivity contribution in [3.05, 3.63) is 48.0 Å². The van der Waals surface area contributed by atoms with Gasteiger partial charge in [-0.2, -0.15) is 0 Å². The van der Waals surface area contributed by atoms with E-state index in [1.165, 1.54) is 25.8 Å². The van der Waals surface area contributed by atoms with Crippen molar-refractivity contribution < 1.29 is 14.3 Å². The molecule has 2 aromatic carbocycles. The molecule has 0 saturated carbocycles. The number of hydrogen-bond donors (Lipinski definition) is 1. The molecule has 30 heavy (non-hydrogen) atoms. The van der Waals surface area contributed by atoms with E-state index in [1.54, 1.807) is 13.2 Å². The van der Waals surface area contributed by atoms with Crippen molar-refractivity contribution in [3.8, 4) is 22.6 Å². The van der Waals surface area contributed by atoms with Crippen LogP contribution in [0.5, 0.6) is 11.5 Å². The first kappa shape index (κ1) is 22.2. The Balaban J connectivity index is 1.71. The maximum Gasteiger partial charge on any atom is 0.251 e. The third kappa shape index (κ3) is 5.54. The minimum Gasteiger partial charge on any atom is -0.492 e. The molecule has 0 bridgehead atoms. The van der Waals surface area contributed by atoms with E-state index < -0.39 is 0 Å². The normalized spacial score (nSPS) is 16.8. The third-order valence-corrected chi connectivity index (χ3v) is 5.75. The lowest BCUT2D eigenvalue weighted by Crippen LogP contribution is -2.39. The summed E-state index contributed by atoms with van der Waals surface area (Å²) in [6.07, 6.45) is 4.85. The van der Waals surface area contributed by atoms with E-state index in [0.29, 0.717) is 36.3 Å². The molecule has 1 heterocycles. The van der Waals surface area contributed by atoms with Crippen LogP contribution in [0.25, 0.3) is 11.1 Å². The zero-order valence-corrected chi connectivity index (χ0v) is 18.4. The van der Waals surface area contributed by atoms with E-state index in [1.807, 2.05) is 43.3 Å². The van der Waals surface area contributed by atoms with Crippen LogP contribution in [-0.4, -0.2) is 50.2 Å². The maximum atomic E-state index is 12.9. The highest BCUT2D eigenvalue weighted by atomic mass is 16.5. The first-order chi connectivity index (χ1) is 14.6. The Hall–Kier alpha value is -2.53. The van der Waals surface area contributed by atoms with E-state index in [0.717, 1.165) is 24.1 Å². The summed E-state index contributed by atoms with van der Waals surface area (Å²) >= 11 is 0. The number of nitrogens with zero attached hydrogens (tertiary/aromatic N) is 1. The second kappa shape index (κ2) is 11.0. The quantitative estimate of drug-likeness (QED) is 0.606. The fraction of sp³-hybridized carbons (Fsp3) is 0.480. The van der Waals surface area contributed by atoms with Gasteiger partial charge in [0.25, 0.3) is 5.91 Å². The highest BCUT2D eigenvalue weighted by molar-refractivity contribution is 5.97. The van der Waals surface area contributed by atoms with Crippen LogP contribution >= 0.6 is 0 Å². The number of ether oxygens (including phenoxy) is 2. The van der Waals surface area contributed by atoms with E-state index in [4.69, 9.17) is 9.47 Å². The number of piperidine rings is 1. The summed E-state index contributed by atoms with van der Waals surface area (Å²) in [5, 5.41) is 3.08. The monoisotopic (exact) mass is 410 g/mol. The zero-order chi connectivity index (χ0) is 21.3. The lowest BCUT2D eigenvalue weighted by molar-refractivity contribution is 0.0948. The number of hydrogen-bond acceptors (Lipinski definition) is 4. The molecule has 0 radical (unpaired) electrons. The average molecular weight is 411 g/mol. The Morgan fingerprint density at radius 2 is 2.00 bits per heavy atom. The predicted octanol–water partition coefficient (Wildman–Crippen LogP) is 4.76. The number of carbonyl (C=O) groups excluding carboxylic acids is 1. The molecule has 1 amide bonds. The molecule has 1 unspecified atom stereocenters. The Bertz CT molecular complexity index is 823. The summed E-state index contributed by atoms with van der Waals surface area (Å²) in [7, 11) is 1.63. The summed E-state index contributed by atoms with van der Waals surface area (Å²) in [4.78, 5) is 15.4. The van der Waals surface area contributed by atoms with Crippen LogP contribution in [0.3, 0.4) is 0 Å². The van der Waals surface area contributed by atoms with Crippen molar-refractivity contribution >= 4 is 5.91 Å². The summed E-state index contributed by atoms with van der Waals surface area (Å²) in [6, 6.07) is 14.3. The fourth-order valence-electron chi connectivity index (χ4n) is 4.11. The van der Waals surface area contributed by atoms with Gasteiger partial charge in [0.2, 0.25) is 0 Å². The van der Waals surface area contributed by atoms with Crippen molar-refractivity contribution in [1.29, 1.82) is 0 Å². The fourth-order valence-corrected chi connectivity index (χ4v) is 4.11. The van der Waals surface area contributed by atoms with Crippen LogP contribution in [-0.2, 0) is 0 Å². The average Bonchev–Trinajstić information content (AvgIpc) is 2.78. The van der Waals surface area contributed by atoms with Crippen LogP contribution in [0.4, 0.5) is 0 Å². The van der Waals surface area contributed by atoms with Gasteiger partial charge in [0, 0.05) is 30.3 Å². The minimum atomic E-state index is -0.0810. The van der Waals surface area contributed by atoms with Crippen LogP contribution in [0, 0.1) is 0 Å². The predicted molar refractivity (Wildman–Crippen MR) is 121 cm³/mol. The molecule has 0 aromatic heterocycles. The molecule has 1 atom stereocenters. The second-order valence-electron chi connectivity index (χ2n) is 7.84. The molecule has 0 spiro atoms. The summed E-state index contributed by atoms with van der Waals surface area (Å²) in [6.45, 7) is 7.60. The van der Waals surface area contributed by atoms with Gasteiger partial charge in [-0.05, 0) is 57.4 Å². The minimum absolute atomic E-state index is 0.0810. The largest absolute Gasteiger partial charge is 0.492 e. The van der Waals surface area contributed by atoms with Gasteiger partial charge in [-0.1, -0.05) is 36.8 Å². The second-order valence-corrected chi connectivity index (χ2v) is 7.84. The molecule has 5 heteroatoms. The molecule has 1 fully saturated rings. The standard InChI is InChI=1S/C25H34N2O3/c1-4-30-23-18-21(17-22(24(23)29-3)20-12-6-5-7-13-20)25(28)26-14-10-16-27-15-9-8-11-19(27)2/h5-7,12-13,17-19H,4,8-11,14-16H2,1-3H3,(H,26,28). The lowest BCUT2D eigenvalue weighted by atomic mass is 10.0. The van der Waals surface area contributed by atoms with Gasteiger partial charge < -0.3 is 19.7 Å². The number of methoxy groups -OCH3 is 1. The van der Waals surface area contributed by atoms with Gasteiger partial charge in [0.05, 0.1) is 13.7 Å². The van der Waals surface area contributed by atoms with Crippen molar-refractivity contribution in [1.82, 2.24) is 10.2 Å². The van der Waals surface area contributed by atoms with Crippen molar-refractivity contribution in [3.63, 3.8) is 0 Å². The first-order valence-electron chi connectivity index (χ1n) is 11.1. The van der Waals surface area contributed by atoms with Gasteiger partial charge in [-0.3, -0.25) is 4.79 Å². The van der Waals surface area contributed by atoms with E-state index in [2.05, 4.69) is 17.1 Å². The molecule has 162 valence electrons. The third-order valence-electron chi connectivity index (χ3n) is 5.75. The number of rotatable bonds is 9. The van der Waals surface area contributed by atoms with E-state index in [9.17, 15) is 4.79 Å². The van der Waals surface area contributed by atoms with E-state index >= 15 is 0 Å². The van der Waals surface area contributed by atoms with E-state index in [-0.39, 0.29) is 5.91 Å². The highest BCUT2D eigenvalue weighted by Crippen LogP contribution is 2.39. The van der Waals surface area contributed by atoms with Gasteiger partial charge >= 0.3 is 0 Å². The van der Waals surface area contributed by atoms with Crippen LogP contribution in [0.15, 0.2) is 42.5 Å². The number of likely N-dealkylation sites (tertiary alicyclic amines) is 1. The summed E-state index contributed by atoms with van der Waals surface area (Å²) < 4.78 is 11.4. The van der Waals surface area contributed by atoms with Gasteiger partial charge in [0.1, 0.15) is 0 Å². The summed E-state index contributed by atoms with van der Waals surface area (Å²) in [5.74, 6) is 1.16. The first-order valence-corrected chi connectivity index (χ1v) is 11.1. The van der Waals surface area contributed by atoms with Crippen LogP contribution < -0.4 is 14.8 Å². The maximum absolute atomic E-state index is 12.9. The smallest absolute Gasteiger partial charge is 0.251 e. The Labute approximate surface area is 180 Å². The molecule has 2 aromatic rings. The molecular formula is C25H34N2O3. The number of benzene rings is 2. The Morgan fingerprint density at radius 3 is 2.70 bits per heavy atom. The van der Waals surface area contributed by atoms with Gasteiger partial charge in [-0.15, -0.1) is 0 Å². The molecule has 1 saturated heterocycles. The van der Waals surface area contributed by atoms with Crippen LogP contribution in [0.1, 0.15) is 49.9 Å². The number of amides is 1. The molecular weight excluding hydrogens is 376 g/mol. The topological polar surface area (TPSA) is 50.8 Å². The molecule has 3 rings (SSSR count). The molecule has 1 aliphatic heterocycles. The van der Waals surface area contributed by atoms with Crippen molar-refractivity contribution in [2.75, 3.05) is 33.4 Å². The SMILES string of the molecule is CCOc1cc(C(=O)NCCCN2CCCCC2C)cc(-c2ccccc2)c1OC. The zero-order valence-electron chi connectivity index (χ0n) is 18.4. The van der Waals surface area contributed by atoms with Gasteiger partial charge in [-0.25, -0.2) is 0 Å².